The van der Waals surface area contributed by atoms with Crippen LogP contribution in [0.1, 0.15) is 38.7 Å². The van der Waals surface area contributed by atoms with Crippen LogP contribution in [0.5, 0.6) is 5.75 Å². The molecule has 0 aromatic heterocycles. The number of anilines is 1. The summed E-state index contributed by atoms with van der Waals surface area (Å²) in [6, 6.07) is 6.51. The minimum Gasteiger partial charge on any atom is -0.493 e. The summed E-state index contributed by atoms with van der Waals surface area (Å²) in [6.45, 7) is 10.1. The predicted octanol–water partition coefficient (Wildman–Crippen LogP) is 3.55. The van der Waals surface area contributed by atoms with Crippen LogP contribution in [0.25, 0.3) is 0 Å². The zero-order chi connectivity index (χ0) is 14.7. The van der Waals surface area contributed by atoms with E-state index >= 15 is 0 Å². The molecule has 21 heavy (non-hydrogen) atoms. The average Bonchev–Trinajstić information content (AvgIpc) is 2.53. The molecule has 2 heterocycles. The molecule has 3 rings (SSSR count). The van der Waals surface area contributed by atoms with Crippen LogP contribution in [0.4, 0.5) is 5.69 Å². The van der Waals surface area contributed by atoms with Gasteiger partial charge in [0.1, 0.15) is 5.75 Å². The van der Waals surface area contributed by atoms with E-state index in [1.807, 2.05) is 0 Å². The van der Waals surface area contributed by atoms with Crippen LogP contribution in [0.3, 0.4) is 0 Å². The highest BCUT2D eigenvalue weighted by atomic mass is 16.5. The fourth-order valence-electron chi connectivity index (χ4n) is 3.61. The number of hydrogen-bond donors (Lipinski definition) is 1. The summed E-state index contributed by atoms with van der Waals surface area (Å²) in [4.78, 5) is 2.55. The molecule has 3 heteroatoms. The molecule has 1 N–H and O–H groups in total. The Kier molecular flexibility index (Phi) is 4.39. The normalized spacial score (nSPS) is 26.0. The Hall–Kier alpha value is -1.22. The van der Waals surface area contributed by atoms with E-state index < -0.39 is 0 Å². The quantitative estimate of drug-likeness (QED) is 0.917. The number of benzene rings is 1. The Morgan fingerprint density at radius 3 is 3.10 bits per heavy atom. The maximum absolute atomic E-state index is 6.15. The van der Waals surface area contributed by atoms with Crippen molar-refractivity contribution in [3.8, 4) is 5.75 Å². The van der Waals surface area contributed by atoms with E-state index in [1.54, 1.807) is 0 Å². The van der Waals surface area contributed by atoms with Gasteiger partial charge in [0.15, 0.2) is 0 Å². The molecule has 3 nitrogen and oxygen atoms in total. The zero-order valence-electron chi connectivity index (χ0n) is 13.5. The van der Waals surface area contributed by atoms with E-state index in [0.29, 0.717) is 5.41 Å². The minimum atomic E-state index is 0.294. The van der Waals surface area contributed by atoms with E-state index in [-0.39, 0.29) is 0 Å². The molecular weight excluding hydrogens is 260 g/mol. The monoisotopic (exact) mass is 288 g/mol. The third-order valence-electron chi connectivity index (χ3n) is 4.91. The number of fused-ring (bicyclic) bond motifs is 1. The summed E-state index contributed by atoms with van der Waals surface area (Å²) in [5.74, 6) is 1.03. The number of nitrogens with one attached hydrogen (secondary N) is 1. The standard InChI is InChI=1S/C18H28N2O/c1-3-20-11-5-9-18(2,13-20)14-21-16-7-8-17-15(12-16)6-4-10-19-17/h7-8,12,19H,3-6,9-11,13-14H2,1-2H3. The van der Waals surface area contributed by atoms with E-state index in [4.69, 9.17) is 4.74 Å². The van der Waals surface area contributed by atoms with Crippen molar-refractivity contribution in [3.05, 3.63) is 23.8 Å². The molecule has 1 atom stereocenters. The fraction of sp³-hybridized carbons (Fsp3) is 0.667. The van der Waals surface area contributed by atoms with Crippen molar-refractivity contribution < 1.29 is 4.74 Å². The van der Waals surface area contributed by atoms with Crippen molar-refractivity contribution in [1.82, 2.24) is 4.90 Å². The summed E-state index contributed by atoms with van der Waals surface area (Å²) in [5.41, 5.74) is 2.99. The molecule has 2 aliphatic heterocycles. The van der Waals surface area contributed by atoms with Crippen molar-refractivity contribution >= 4 is 5.69 Å². The van der Waals surface area contributed by atoms with Gasteiger partial charge in [0, 0.05) is 24.2 Å². The van der Waals surface area contributed by atoms with Crippen LogP contribution in [0, 0.1) is 5.41 Å². The molecule has 0 spiro atoms. The second-order valence-corrected chi connectivity index (χ2v) is 6.92. The first-order valence-electron chi connectivity index (χ1n) is 8.40. The van der Waals surface area contributed by atoms with Crippen LogP contribution < -0.4 is 10.1 Å². The maximum atomic E-state index is 6.15. The Bertz CT molecular complexity index is 488. The Morgan fingerprint density at radius 1 is 1.33 bits per heavy atom. The Balaban J connectivity index is 1.61. The molecule has 0 amide bonds. The molecule has 1 aromatic rings. The van der Waals surface area contributed by atoms with E-state index in [0.717, 1.165) is 32.0 Å². The molecule has 0 aliphatic carbocycles. The zero-order valence-corrected chi connectivity index (χ0v) is 13.5. The van der Waals surface area contributed by atoms with Gasteiger partial charge in [0.05, 0.1) is 6.61 Å². The van der Waals surface area contributed by atoms with E-state index in [9.17, 15) is 0 Å². The van der Waals surface area contributed by atoms with Gasteiger partial charge in [-0.3, -0.25) is 0 Å². The van der Waals surface area contributed by atoms with Crippen LogP contribution in [0.15, 0.2) is 18.2 Å². The van der Waals surface area contributed by atoms with Gasteiger partial charge in [-0.15, -0.1) is 0 Å². The number of aryl methyl sites for hydroxylation is 1. The second kappa shape index (κ2) is 6.27. The van der Waals surface area contributed by atoms with Crippen molar-refractivity contribution in [2.45, 2.75) is 39.5 Å². The first-order valence-corrected chi connectivity index (χ1v) is 8.40. The topological polar surface area (TPSA) is 24.5 Å². The minimum absolute atomic E-state index is 0.294. The fourth-order valence-corrected chi connectivity index (χ4v) is 3.61. The molecular formula is C18H28N2O. The van der Waals surface area contributed by atoms with Crippen LogP contribution >= 0.6 is 0 Å². The van der Waals surface area contributed by atoms with Crippen LogP contribution in [-0.2, 0) is 6.42 Å². The summed E-state index contributed by atoms with van der Waals surface area (Å²) in [6.07, 6.45) is 4.96. The molecule has 0 bridgehead atoms. The number of ether oxygens (including phenoxy) is 1. The van der Waals surface area contributed by atoms with Gasteiger partial charge in [-0.2, -0.15) is 0 Å². The van der Waals surface area contributed by atoms with Gasteiger partial charge in [0.25, 0.3) is 0 Å². The average molecular weight is 288 g/mol. The highest BCUT2D eigenvalue weighted by Crippen LogP contribution is 2.31. The smallest absolute Gasteiger partial charge is 0.119 e. The van der Waals surface area contributed by atoms with Crippen molar-refractivity contribution in [2.75, 3.05) is 38.1 Å². The number of piperidine rings is 1. The van der Waals surface area contributed by atoms with Crippen molar-refractivity contribution in [3.63, 3.8) is 0 Å². The third-order valence-corrected chi connectivity index (χ3v) is 4.91. The first kappa shape index (κ1) is 14.7. The SMILES string of the molecule is CCN1CCCC(C)(COc2ccc3c(c2)CCCN3)C1. The van der Waals surface area contributed by atoms with E-state index in [1.165, 1.54) is 43.5 Å². The molecule has 2 aliphatic rings. The number of likely N-dealkylation sites (tertiary alicyclic amines) is 1. The second-order valence-electron chi connectivity index (χ2n) is 6.92. The lowest BCUT2D eigenvalue weighted by molar-refractivity contribution is 0.0592. The number of nitrogens with zero attached hydrogens (tertiary/aromatic N) is 1. The van der Waals surface area contributed by atoms with Gasteiger partial charge in [0.2, 0.25) is 0 Å². The highest BCUT2D eigenvalue weighted by Gasteiger charge is 2.31. The Labute approximate surface area is 128 Å². The maximum Gasteiger partial charge on any atom is 0.119 e. The Morgan fingerprint density at radius 2 is 2.24 bits per heavy atom. The molecule has 1 aromatic carbocycles. The summed E-state index contributed by atoms with van der Waals surface area (Å²) in [7, 11) is 0. The molecule has 0 saturated carbocycles. The molecule has 1 unspecified atom stereocenters. The van der Waals surface area contributed by atoms with Gasteiger partial charge >= 0.3 is 0 Å². The number of hydrogen-bond acceptors (Lipinski definition) is 3. The molecule has 1 fully saturated rings. The first-order chi connectivity index (χ1) is 10.2. The van der Waals surface area contributed by atoms with Gasteiger partial charge in [-0.25, -0.2) is 0 Å². The lowest BCUT2D eigenvalue weighted by Gasteiger charge is -2.39. The summed E-state index contributed by atoms with van der Waals surface area (Å²) < 4.78 is 6.15. The predicted molar refractivity (Wildman–Crippen MR) is 88.2 cm³/mol. The lowest BCUT2D eigenvalue weighted by atomic mass is 9.82. The molecule has 116 valence electrons. The number of rotatable bonds is 4. The summed E-state index contributed by atoms with van der Waals surface area (Å²) in [5, 5.41) is 3.45. The van der Waals surface area contributed by atoms with Gasteiger partial charge in [-0.05, 0) is 62.5 Å². The van der Waals surface area contributed by atoms with E-state index in [2.05, 4.69) is 42.3 Å². The molecule has 0 radical (unpaired) electrons. The third kappa shape index (κ3) is 3.52. The molecule has 1 saturated heterocycles. The lowest BCUT2D eigenvalue weighted by Crippen LogP contribution is -2.44. The summed E-state index contributed by atoms with van der Waals surface area (Å²) >= 11 is 0. The van der Waals surface area contributed by atoms with Gasteiger partial charge < -0.3 is 15.0 Å². The largest absolute Gasteiger partial charge is 0.493 e. The van der Waals surface area contributed by atoms with Crippen molar-refractivity contribution in [1.29, 1.82) is 0 Å². The van der Waals surface area contributed by atoms with Crippen molar-refractivity contribution in [2.24, 2.45) is 5.41 Å². The van der Waals surface area contributed by atoms with Crippen LogP contribution in [0.2, 0.25) is 0 Å². The highest BCUT2D eigenvalue weighted by molar-refractivity contribution is 5.55. The van der Waals surface area contributed by atoms with Gasteiger partial charge in [-0.1, -0.05) is 13.8 Å². The van der Waals surface area contributed by atoms with Crippen LogP contribution in [-0.4, -0.2) is 37.7 Å².